The summed E-state index contributed by atoms with van der Waals surface area (Å²) in [5, 5.41) is 5.45. The molecule has 0 spiro atoms. The molecular formula is C24H20FN3O4. The summed E-state index contributed by atoms with van der Waals surface area (Å²) in [4.78, 5) is 39.8. The van der Waals surface area contributed by atoms with Crippen molar-refractivity contribution >= 4 is 34.8 Å². The number of rotatable bonds is 6. The molecule has 0 aliphatic carbocycles. The van der Waals surface area contributed by atoms with Crippen LogP contribution in [0.2, 0.25) is 0 Å². The van der Waals surface area contributed by atoms with E-state index in [-0.39, 0.29) is 12.2 Å². The van der Waals surface area contributed by atoms with Gasteiger partial charge in [0, 0.05) is 5.69 Å². The van der Waals surface area contributed by atoms with E-state index in [1.54, 1.807) is 54.6 Å². The normalized spacial score (nSPS) is 14.8. The van der Waals surface area contributed by atoms with Crippen LogP contribution >= 0.6 is 0 Å². The lowest BCUT2D eigenvalue weighted by molar-refractivity contribution is -0.127. The second-order valence-electron chi connectivity index (χ2n) is 7.12. The number of carbonyl (C=O) groups excluding carboxylic acids is 3. The van der Waals surface area contributed by atoms with Crippen molar-refractivity contribution in [1.29, 1.82) is 0 Å². The fourth-order valence-corrected chi connectivity index (χ4v) is 3.46. The highest BCUT2D eigenvalue weighted by Crippen LogP contribution is 2.33. The number of nitrogens with zero attached hydrogens (tertiary/aromatic N) is 1. The molecule has 1 heterocycles. The number of hydrogen-bond acceptors (Lipinski definition) is 4. The number of benzene rings is 3. The molecule has 1 aliphatic rings. The van der Waals surface area contributed by atoms with Crippen LogP contribution in [0.25, 0.3) is 0 Å². The van der Waals surface area contributed by atoms with Gasteiger partial charge in [0.25, 0.3) is 5.91 Å². The highest BCUT2D eigenvalue weighted by Gasteiger charge is 2.38. The summed E-state index contributed by atoms with van der Waals surface area (Å²) >= 11 is 0. The minimum absolute atomic E-state index is 0.0750. The van der Waals surface area contributed by atoms with Gasteiger partial charge in [0.05, 0.1) is 17.8 Å². The second kappa shape index (κ2) is 9.30. The molecular weight excluding hydrogens is 413 g/mol. The molecule has 7 nitrogen and oxygen atoms in total. The third-order valence-corrected chi connectivity index (χ3v) is 4.93. The number of amides is 3. The number of nitrogens with one attached hydrogen (secondary N) is 2. The first-order valence-corrected chi connectivity index (χ1v) is 9.97. The molecule has 1 atom stereocenters. The number of fused-ring (bicyclic) bond motifs is 1. The summed E-state index contributed by atoms with van der Waals surface area (Å²) < 4.78 is 19.2. The lowest BCUT2D eigenvalue weighted by Crippen LogP contribution is -2.53. The molecule has 1 aliphatic heterocycles. The molecule has 0 saturated heterocycles. The van der Waals surface area contributed by atoms with Crippen LogP contribution in [-0.4, -0.2) is 30.4 Å². The first kappa shape index (κ1) is 21.0. The summed E-state index contributed by atoms with van der Waals surface area (Å²) in [5.74, 6) is -2.17. The van der Waals surface area contributed by atoms with Crippen LogP contribution in [0.4, 0.5) is 21.5 Å². The summed E-state index contributed by atoms with van der Waals surface area (Å²) in [6.07, 6.45) is -0.263. The van der Waals surface area contributed by atoms with Gasteiger partial charge in [-0.1, -0.05) is 42.5 Å². The molecule has 3 aromatic carbocycles. The van der Waals surface area contributed by atoms with Crippen molar-refractivity contribution in [3.8, 4) is 5.75 Å². The van der Waals surface area contributed by atoms with Gasteiger partial charge in [-0.15, -0.1) is 0 Å². The molecule has 162 valence electrons. The molecule has 32 heavy (non-hydrogen) atoms. The van der Waals surface area contributed by atoms with Crippen LogP contribution in [0.1, 0.15) is 6.42 Å². The first-order chi connectivity index (χ1) is 15.5. The molecule has 0 aromatic heterocycles. The molecule has 8 heteroatoms. The fraction of sp³-hybridized carbons (Fsp3) is 0.125. The van der Waals surface area contributed by atoms with Crippen LogP contribution < -0.4 is 20.3 Å². The Morgan fingerprint density at radius 1 is 0.969 bits per heavy atom. The Bertz CT molecular complexity index is 1150. The minimum atomic E-state index is -1.09. The van der Waals surface area contributed by atoms with Crippen molar-refractivity contribution in [2.75, 3.05) is 22.1 Å². The van der Waals surface area contributed by atoms with Gasteiger partial charge in [0.2, 0.25) is 11.8 Å². The molecule has 0 unspecified atom stereocenters. The second-order valence-corrected chi connectivity index (χ2v) is 7.12. The number of anilines is 3. The zero-order valence-electron chi connectivity index (χ0n) is 17.0. The number of carbonyl (C=O) groups is 3. The topological polar surface area (TPSA) is 87.7 Å². The van der Waals surface area contributed by atoms with Crippen molar-refractivity contribution < 1.29 is 23.5 Å². The fourth-order valence-electron chi connectivity index (χ4n) is 3.46. The van der Waals surface area contributed by atoms with Gasteiger partial charge in [-0.25, -0.2) is 4.39 Å². The van der Waals surface area contributed by atoms with E-state index < -0.39 is 36.2 Å². The third kappa shape index (κ3) is 4.59. The molecule has 4 rings (SSSR count). The Hall–Kier alpha value is -4.20. The van der Waals surface area contributed by atoms with E-state index in [0.717, 1.165) is 0 Å². The van der Waals surface area contributed by atoms with Crippen LogP contribution in [0, 0.1) is 5.82 Å². The Labute approximate surface area is 183 Å². The molecule has 2 N–H and O–H groups in total. The molecule has 0 fully saturated rings. The maximum atomic E-state index is 13.9. The smallest absolute Gasteiger partial charge is 0.265 e. The lowest BCUT2D eigenvalue weighted by Gasteiger charge is -2.36. The van der Waals surface area contributed by atoms with Gasteiger partial charge in [0.1, 0.15) is 6.04 Å². The lowest BCUT2D eigenvalue weighted by atomic mass is 10.0. The maximum absolute atomic E-state index is 13.9. The molecule has 3 amide bonds. The van der Waals surface area contributed by atoms with Crippen LogP contribution in [0.5, 0.6) is 5.75 Å². The third-order valence-electron chi connectivity index (χ3n) is 4.93. The van der Waals surface area contributed by atoms with E-state index in [4.69, 9.17) is 4.74 Å². The Morgan fingerprint density at radius 3 is 2.44 bits per heavy atom. The Balaban J connectivity index is 1.56. The SMILES string of the molecule is O=C(C[C@@H]1C(=O)Nc2ccccc2N1C(=O)COc1ccccc1F)Nc1ccccc1. The largest absolute Gasteiger partial charge is 0.481 e. The van der Waals surface area contributed by atoms with Crippen molar-refractivity contribution in [1.82, 2.24) is 0 Å². The average molecular weight is 433 g/mol. The van der Waals surface area contributed by atoms with Crippen molar-refractivity contribution in [3.05, 3.63) is 84.7 Å². The zero-order valence-corrected chi connectivity index (χ0v) is 17.0. The van der Waals surface area contributed by atoms with E-state index in [1.165, 1.54) is 23.1 Å². The van der Waals surface area contributed by atoms with Crippen molar-refractivity contribution in [2.24, 2.45) is 0 Å². The Kier molecular flexibility index (Phi) is 6.12. The first-order valence-electron chi connectivity index (χ1n) is 9.97. The summed E-state index contributed by atoms with van der Waals surface area (Å²) in [7, 11) is 0. The molecule has 0 bridgehead atoms. The van der Waals surface area contributed by atoms with Crippen molar-refractivity contribution in [3.63, 3.8) is 0 Å². The minimum Gasteiger partial charge on any atom is -0.481 e. The van der Waals surface area contributed by atoms with Crippen LogP contribution in [-0.2, 0) is 14.4 Å². The number of ether oxygens (including phenoxy) is 1. The van der Waals surface area contributed by atoms with Gasteiger partial charge in [-0.05, 0) is 36.4 Å². The van der Waals surface area contributed by atoms with E-state index in [9.17, 15) is 18.8 Å². The van der Waals surface area contributed by atoms with Gasteiger partial charge in [0.15, 0.2) is 18.2 Å². The van der Waals surface area contributed by atoms with E-state index in [0.29, 0.717) is 17.1 Å². The highest BCUT2D eigenvalue weighted by atomic mass is 19.1. The number of para-hydroxylation sites is 4. The highest BCUT2D eigenvalue weighted by molar-refractivity contribution is 6.14. The molecule has 3 aromatic rings. The van der Waals surface area contributed by atoms with E-state index in [1.807, 2.05) is 6.07 Å². The van der Waals surface area contributed by atoms with Gasteiger partial charge in [-0.2, -0.15) is 0 Å². The Morgan fingerprint density at radius 2 is 1.66 bits per heavy atom. The van der Waals surface area contributed by atoms with E-state index >= 15 is 0 Å². The average Bonchev–Trinajstić information content (AvgIpc) is 2.79. The van der Waals surface area contributed by atoms with Gasteiger partial charge < -0.3 is 15.4 Å². The summed E-state index contributed by atoms with van der Waals surface area (Å²) in [5.41, 5.74) is 1.46. The van der Waals surface area contributed by atoms with Gasteiger partial charge in [-0.3, -0.25) is 19.3 Å². The predicted octanol–water partition coefficient (Wildman–Crippen LogP) is 3.59. The molecule has 0 saturated carbocycles. The molecule has 0 radical (unpaired) electrons. The summed E-state index contributed by atoms with van der Waals surface area (Å²) in [6.45, 7) is -0.501. The van der Waals surface area contributed by atoms with Crippen LogP contribution in [0.15, 0.2) is 78.9 Å². The monoisotopic (exact) mass is 433 g/mol. The van der Waals surface area contributed by atoms with Crippen molar-refractivity contribution in [2.45, 2.75) is 12.5 Å². The van der Waals surface area contributed by atoms with Gasteiger partial charge >= 0.3 is 0 Å². The number of halogens is 1. The van der Waals surface area contributed by atoms with Crippen LogP contribution in [0.3, 0.4) is 0 Å². The van der Waals surface area contributed by atoms with E-state index in [2.05, 4.69) is 10.6 Å². The zero-order chi connectivity index (χ0) is 22.5. The summed E-state index contributed by atoms with van der Waals surface area (Å²) in [6, 6.07) is 20.2. The predicted molar refractivity (Wildman–Crippen MR) is 118 cm³/mol. The standard InChI is InChI=1S/C24H20FN3O4/c25-17-10-4-7-13-21(17)32-15-23(30)28-19-12-6-5-11-18(19)27-24(31)20(28)14-22(29)26-16-8-2-1-3-9-16/h1-13,20H,14-15H2,(H,26,29)(H,27,31)/t20-/m1/s1. The quantitative estimate of drug-likeness (QED) is 0.622. The maximum Gasteiger partial charge on any atom is 0.265 e. The number of hydrogen-bond donors (Lipinski definition) is 2.